The Morgan fingerprint density at radius 3 is 1.76 bits per heavy atom. The second kappa shape index (κ2) is 15.3. The summed E-state index contributed by atoms with van der Waals surface area (Å²) in [7, 11) is 0. The molecule has 0 spiro atoms. The van der Waals surface area contributed by atoms with Gasteiger partial charge < -0.3 is 4.90 Å². The molecule has 0 amide bonds. The van der Waals surface area contributed by atoms with E-state index in [0.717, 1.165) is 17.8 Å². The molecule has 0 aromatic heterocycles. The topological polar surface area (TPSA) is 3.24 Å². The molecule has 4 saturated carbocycles. The highest BCUT2D eigenvalue weighted by molar-refractivity contribution is 5.96. The van der Waals surface area contributed by atoms with E-state index in [0.29, 0.717) is 11.8 Å². The van der Waals surface area contributed by atoms with Crippen molar-refractivity contribution >= 4 is 17.1 Å². The number of fused-ring (bicyclic) bond motifs is 5. The number of hydrogen-bond acceptors (Lipinski definition) is 1. The standard InChI is InChI=1S/C58H61N/c1-58(2)55-19-10-9-18-52(55)57-54(45-24-22-42(23-25-45)40-12-5-3-6-13-40)37-51(38-56(57)58)59(50-32-28-44(29-33-50)53-35-39-20-21-48(53)34-39)49-30-26-43(27-31-49)47-17-11-16-46(36-47)41-14-7-4-8-15-41/h9-11,16-19,22-33,36-41,48,53H,3-8,12-15,20-21,34-35H2,1-2H3. The Bertz CT molecular complexity index is 2440. The van der Waals surface area contributed by atoms with Crippen molar-refractivity contribution in [2.24, 2.45) is 11.8 Å². The van der Waals surface area contributed by atoms with Crippen molar-refractivity contribution in [3.63, 3.8) is 0 Å². The van der Waals surface area contributed by atoms with Crippen molar-refractivity contribution < 1.29 is 0 Å². The number of rotatable bonds is 8. The highest BCUT2D eigenvalue weighted by Crippen LogP contribution is 2.56. The van der Waals surface area contributed by atoms with Crippen LogP contribution in [-0.4, -0.2) is 0 Å². The highest BCUT2D eigenvalue weighted by Gasteiger charge is 2.41. The molecule has 1 heteroatoms. The van der Waals surface area contributed by atoms with Gasteiger partial charge in [0.25, 0.3) is 0 Å². The zero-order valence-corrected chi connectivity index (χ0v) is 35.4. The van der Waals surface area contributed by atoms with Gasteiger partial charge in [-0.2, -0.15) is 0 Å². The van der Waals surface area contributed by atoms with E-state index in [1.54, 1.807) is 5.56 Å². The molecular formula is C58H61N. The van der Waals surface area contributed by atoms with Crippen LogP contribution in [0.4, 0.5) is 17.1 Å². The second-order valence-electron chi connectivity index (χ2n) is 19.8. The maximum Gasteiger partial charge on any atom is 0.0471 e. The second-order valence-corrected chi connectivity index (χ2v) is 19.8. The predicted molar refractivity (Wildman–Crippen MR) is 249 cm³/mol. The summed E-state index contributed by atoms with van der Waals surface area (Å²) in [6.07, 6.45) is 19.2. The van der Waals surface area contributed by atoms with Crippen LogP contribution in [0, 0.1) is 11.8 Å². The van der Waals surface area contributed by atoms with Gasteiger partial charge in [0, 0.05) is 22.5 Å². The Labute approximate surface area is 353 Å². The van der Waals surface area contributed by atoms with Crippen LogP contribution in [0.5, 0.6) is 0 Å². The Balaban J connectivity index is 1.03. The van der Waals surface area contributed by atoms with Crippen LogP contribution in [0.15, 0.2) is 133 Å². The predicted octanol–water partition coefficient (Wildman–Crippen LogP) is 16.8. The molecule has 6 aromatic rings. The van der Waals surface area contributed by atoms with Gasteiger partial charge in [0.2, 0.25) is 0 Å². The molecule has 0 N–H and O–H groups in total. The van der Waals surface area contributed by atoms with Crippen molar-refractivity contribution in [2.75, 3.05) is 4.90 Å². The van der Waals surface area contributed by atoms with E-state index in [2.05, 4.69) is 152 Å². The molecular weight excluding hydrogens is 711 g/mol. The summed E-state index contributed by atoms with van der Waals surface area (Å²) in [5.41, 5.74) is 19.0. The smallest absolute Gasteiger partial charge is 0.0471 e. The van der Waals surface area contributed by atoms with Gasteiger partial charge in [-0.1, -0.05) is 156 Å². The third kappa shape index (κ3) is 6.78. The third-order valence-corrected chi connectivity index (χ3v) is 16.0. The summed E-state index contributed by atoms with van der Waals surface area (Å²) >= 11 is 0. The average molecular weight is 772 g/mol. The van der Waals surface area contributed by atoms with E-state index in [9.17, 15) is 0 Å². The Morgan fingerprint density at radius 1 is 0.441 bits per heavy atom. The van der Waals surface area contributed by atoms with Crippen LogP contribution < -0.4 is 4.90 Å². The molecule has 6 aromatic carbocycles. The van der Waals surface area contributed by atoms with E-state index in [1.165, 1.54) is 163 Å². The molecule has 5 aliphatic carbocycles. The SMILES string of the molecule is CC1(C)c2ccccc2-c2c(-c3ccc(C4CCCCC4)cc3)cc(N(c3ccc(-c4cccc(C5CCCCC5)c4)cc3)c3ccc(C4CC5CCC4C5)cc3)cc21. The van der Waals surface area contributed by atoms with Crippen LogP contribution in [0.2, 0.25) is 0 Å². The molecule has 5 aliphatic rings. The average Bonchev–Trinajstić information content (AvgIpc) is 4.00. The van der Waals surface area contributed by atoms with Crippen molar-refractivity contribution in [3.05, 3.63) is 161 Å². The fourth-order valence-corrected chi connectivity index (χ4v) is 12.7. The quantitative estimate of drug-likeness (QED) is 0.149. The third-order valence-electron chi connectivity index (χ3n) is 16.0. The highest BCUT2D eigenvalue weighted by atomic mass is 15.1. The molecule has 0 aliphatic heterocycles. The lowest BCUT2D eigenvalue weighted by atomic mass is 9.81. The van der Waals surface area contributed by atoms with Crippen LogP contribution >= 0.6 is 0 Å². The zero-order valence-electron chi connectivity index (χ0n) is 35.4. The van der Waals surface area contributed by atoms with Crippen LogP contribution in [0.25, 0.3) is 33.4 Å². The summed E-state index contributed by atoms with van der Waals surface area (Å²) in [5, 5.41) is 0. The lowest BCUT2D eigenvalue weighted by Crippen LogP contribution is -2.17. The van der Waals surface area contributed by atoms with E-state index >= 15 is 0 Å². The van der Waals surface area contributed by atoms with Crippen molar-refractivity contribution in [1.29, 1.82) is 0 Å². The molecule has 3 atom stereocenters. The molecule has 3 unspecified atom stereocenters. The van der Waals surface area contributed by atoms with Crippen LogP contribution in [0.3, 0.4) is 0 Å². The number of nitrogens with zero attached hydrogens (tertiary/aromatic N) is 1. The molecule has 11 rings (SSSR count). The fraction of sp³-hybridized carbons (Fsp3) is 0.379. The van der Waals surface area contributed by atoms with Crippen LogP contribution in [0.1, 0.15) is 149 Å². The van der Waals surface area contributed by atoms with E-state index in [4.69, 9.17) is 0 Å². The first-order valence-electron chi connectivity index (χ1n) is 23.5. The summed E-state index contributed by atoms with van der Waals surface area (Å²) in [6.45, 7) is 4.87. The molecule has 59 heavy (non-hydrogen) atoms. The van der Waals surface area contributed by atoms with Gasteiger partial charge in [-0.05, 0) is 172 Å². The monoisotopic (exact) mass is 771 g/mol. The molecule has 2 bridgehead atoms. The van der Waals surface area contributed by atoms with Gasteiger partial charge >= 0.3 is 0 Å². The van der Waals surface area contributed by atoms with Crippen LogP contribution in [-0.2, 0) is 5.41 Å². The molecule has 298 valence electrons. The first kappa shape index (κ1) is 37.1. The van der Waals surface area contributed by atoms with E-state index in [1.807, 2.05) is 0 Å². The summed E-state index contributed by atoms with van der Waals surface area (Å²) in [6, 6.07) is 52.7. The summed E-state index contributed by atoms with van der Waals surface area (Å²) < 4.78 is 0. The first-order valence-corrected chi connectivity index (χ1v) is 23.5. The summed E-state index contributed by atoms with van der Waals surface area (Å²) in [4.78, 5) is 2.55. The fourth-order valence-electron chi connectivity index (χ4n) is 12.7. The molecule has 4 fully saturated rings. The van der Waals surface area contributed by atoms with Gasteiger partial charge in [-0.25, -0.2) is 0 Å². The van der Waals surface area contributed by atoms with E-state index in [-0.39, 0.29) is 5.41 Å². The molecule has 1 nitrogen and oxygen atoms in total. The maximum atomic E-state index is 2.55. The van der Waals surface area contributed by atoms with Gasteiger partial charge in [0.15, 0.2) is 0 Å². The molecule has 0 heterocycles. The van der Waals surface area contributed by atoms with Gasteiger partial charge in [-0.15, -0.1) is 0 Å². The van der Waals surface area contributed by atoms with Crippen molar-refractivity contribution in [1.82, 2.24) is 0 Å². The Hall–Kier alpha value is -4.88. The lowest BCUT2D eigenvalue weighted by Gasteiger charge is -2.30. The van der Waals surface area contributed by atoms with Crippen molar-refractivity contribution in [2.45, 2.75) is 127 Å². The summed E-state index contributed by atoms with van der Waals surface area (Å²) in [5.74, 6) is 3.94. The van der Waals surface area contributed by atoms with E-state index < -0.39 is 0 Å². The van der Waals surface area contributed by atoms with Crippen molar-refractivity contribution in [3.8, 4) is 33.4 Å². The van der Waals surface area contributed by atoms with Gasteiger partial charge in [0.1, 0.15) is 0 Å². The first-order chi connectivity index (χ1) is 29.0. The maximum absolute atomic E-state index is 2.55. The largest absolute Gasteiger partial charge is 0.310 e. The number of benzene rings is 6. The minimum Gasteiger partial charge on any atom is -0.310 e. The Morgan fingerprint density at radius 2 is 1.08 bits per heavy atom. The normalized spacial score (nSPS) is 22.3. The minimum absolute atomic E-state index is 0.122. The number of anilines is 3. The zero-order chi connectivity index (χ0) is 39.5. The van der Waals surface area contributed by atoms with Gasteiger partial charge in [-0.3, -0.25) is 0 Å². The molecule has 0 radical (unpaired) electrons. The minimum atomic E-state index is -0.122. The molecule has 0 saturated heterocycles. The number of hydrogen-bond donors (Lipinski definition) is 0. The van der Waals surface area contributed by atoms with Gasteiger partial charge in [0.05, 0.1) is 0 Å². The lowest BCUT2D eigenvalue weighted by molar-refractivity contribution is 0.420. The Kier molecular flexibility index (Phi) is 9.63.